The number of carbonyl (C=O) groups is 1. The molecule has 1 aromatic carbocycles. The van der Waals surface area contributed by atoms with Crippen molar-refractivity contribution in [3.05, 3.63) is 68.2 Å². The molecule has 0 amide bonds. The van der Waals surface area contributed by atoms with Gasteiger partial charge in [0.1, 0.15) is 5.76 Å². The summed E-state index contributed by atoms with van der Waals surface area (Å²) in [5.74, 6) is 0.234. The van der Waals surface area contributed by atoms with Crippen LogP contribution in [0.25, 0.3) is 0 Å². The largest absolute Gasteiger partial charge is 0.428 e. The zero-order chi connectivity index (χ0) is 12.4. The second kappa shape index (κ2) is 4.67. The highest BCUT2D eigenvalue weighted by Gasteiger charge is 2.11. The van der Waals surface area contributed by atoms with E-state index in [1.807, 2.05) is 6.07 Å². The molecule has 86 valence electrons. The Balaban J connectivity index is 2.47. The molecule has 0 bridgehead atoms. The standard InChI is InChI=1S/C13H9BrO3/c1-8-5-10(7-12(15)17-8)13(16)9-3-2-4-11(14)6-9/h2-7H,1H3. The van der Waals surface area contributed by atoms with Crippen LogP contribution in [0.15, 0.2) is 50.1 Å². The van der Waals surface area contributed by atoms with E-state index in [1.165, 1.54) is 6.07 Å². The van der Waals surface area contributed by atoms with Gasteiger partial charge in [-0.15, -0.1) is 0 Å². The van der Waals surface area contributed by atoms with Gasteiger partial charge in [0.15, 0.2) is 5.78 Å². The Morgan fingerprint density at radius 3 is 2.59 bits per heavy atom. The van der Waals surface area contributed by atoms with Crippen molar-refractivity contribution in [1.82, 2.24) is 0 Å². The van der Waals surface area contributed by atoms with Crippen LogP contribution < -0.4 is 5.63 Å². The Morgan fingerprint density at radius 2 is 1.94 bits per heavy atom. The molecule has 1 heterocycles. The van der Waals surface area contributed by atoms with Gasteiger partial charge in [-0.1, -0.05) is 28.1 Å². The zero-order valence-electron chi connectivity index (χ0n) is 9.07. The molecule has 0 fully saturated rings. The Morgan fingerprint density at radius 1 is 1.18 bits per heavy atom. The molecule has 0 radical (unpaired) electrons. The maximum absolute atomic E-state index is 12.1. The molecule has 0 saturated carbocycles. The van der Waals surface area contributed by atoms with Gasteiger partial charge in [0, 0.05) is 21.7 Å². The quantitative estimate of drug-likeness (QED) is 0.800. The Bertz CT molecular complexity index is 629. The molecule has 0 aliphatic carbocycles. The molecule has 17 heavy (non-hydrogen) atoms. The first kappa shape index (κ1) is 11.8. The monoisotopic (exact) mass is 292 g/mol. The van der Waals surface area contributed by atoms with E-state index in [2.05, 4.69) is 15.9 Å². The molecular weight excluding hydrogens is 284 g/mol. The first-order chi connectivity index (χ1) is 8.06. The highest BCUT2D eigenvalue weighted by Crippen LogP contribution is 2.15. The van der Waals surface area contributed by atoms with Gasteiger partial charge in [-0.2, -0.15) is 0 Å². The van der Waals surface area contributed by atoms with Crippen molar-refractivity contribution in [2.75, 3.05) is 0 Å². The van der Waals surface area contributed by atoms with Crippen molar-refractivity contribution in [2.45, 2.75) is 6.92 Å². The van der Waals surface area contributed by atoms with Gasteiger partial charge in [0.2, 0.25) is 0 Å². The highest BCUT2D eigenvalue weighted by atomic mass is 79.9. The lowest BCUT2D eigenvalue weighted by Gasteiger charge is -2.01. The second-order valence-corrected chi connectivity index (χ2v) is 4.53. The molecule has 3 nitrogen and oxygen atoms in total. The third-order valence-corrected chi connectivity index (χ3v) is 2.74. The van der Waals surface area contributed by atoms with Crippen LogP contribution in [0.1, 0.15) is 21.7 Å². The molecule has 2 rings (SSSR count). The number of benzene rings is 1. The summed E-state index contributed by atoms with van der Waals surface area (Å²) in [4.78, 5) is 23.3. The lowest BCUT2D eigenvalue weighted by Crippen LogP contribution is -2.07. The van der Waals surface area contributed by atoms with E-state index in [0.29, 0.717) is 16.9 Å². The van der Waals surface area contributed by atoms with Crippen LogP contribution in [0, 0.1) is 6.92 Å². The van der Waals surface area contributed by atoms with E-state index in [4.69, 9.17) is 4.42 Å². The van der Waals surface area contributed by atoms with Crippen LogP contribution in [0.4, 0.5) is 0 Å². The molecule has 0 unspecified atom stereocenters. The summed E-state index contributed by atoms with van der Waals surface area (Å²) >= 11 is 3.30. The minimum absolute atomic E-state index is 0.192. The van der Waals surface area contributed by atoms with Gasteiger partial charge >= 0.3 is 5.63 Å². The first-order valence-corrected chi connectivity index (χ1v) is 5.77. The molecule has 0 aliphatic heterocycles. The second-order valence-electron chi connectivity index (χ2n) is 3.62. The minimum Gasteiger partial charge on any atom is -0.428 e. The van der Waals surface area contributed by atoms with E-state index < -0.39 is 5.63 Å². The SMILES string of the molecule is Cc1cc(C(=O)c2cccc(Br)c2)cc(=O)o1. The summed E-state index contributed by atoms with van der Waals surface area (Å²) in [5, 5.41) is 0. The summed E-state index contributed by atoms with van der Waals surface area (Å²) in [6, 6.07) is 9.79. The lowest BCUT2D eigenvalue weighted by atomic mass is 10.0. The highest BCUT2D eigenvalue weighted by molar-refractivity contribution is 9.10. The summed E-state index contributed by atoms with van der Waals surface area (Å²) in [6.45, 7) is 1.64. The van der Waals surface area contributed by atoms with Gasteiger partial charge in [-0.05, 0) is 25.1 Å². The number of hydrogen-bond donors (Lipinski definition) is 0. The van der Waals surface area contributed by atoms with Gasteiger partial charge < -0.3 is 4.42 Å². The molecular formula is C13H9BrO3. The third-order valence-electron chi connectivity index (χ3n) is 2.24. The van der Waals surface area contributed by atoms with Crippen molar-refractivity contribution in [3.63, 3.8) is 0 Å². The predicted octanol–water partition coefficient (Wildman–Crippen LogP) is 2.94. The average molecular weight is 293 g/mol. The molecule has 1 aromatic heterocycles. The van der Waals surface area contributed by atoms with Gasteiger partial charge in [0.25, 0.3) is 0 Å². The maximum atomic E-state index is 12.1. The molecule has 0 atom stereocenters. The van der Waals surface area contributed by atoms with Gasteiger partial charge in [-0.25, -0.2) is 4.79 Å². The molecule has 4 heteroatoms. The number of ketones is 1. The van der Waals surface area contributed by atoms with E-state index in [9.17, 15) is 9.59 Å². The zero-order valence-corrected chi connectivity index (χ0v) is 10.7. The number of hydrogen-bond acceptors (Lipinski definition) is 3. The van der Waals surface area contributed by atoms with Crippen LogP contribution >= 0.6 is 15.9 Å². The first-order valence-electron chi connectivity index (χ1n) is 4.98. The molecule has 0 saturated heterocycles. The van der Waals surface area contributed by atoms with Crippen LogP contribution in [-0.4, -0.2) is 5.78 Å². The van der Waals surface area contributed by atoms with Crippen LogP contribution in [-0.2, 0) is 0 Å². The Kier molecular flexibility index (Phi) is 3.24. The number of halogens is 1. The summed E-state index contributed by atoms with van der Waals surface area (Å²) in [7, 11) is 0. The van der Waals surface area contributed by atoms with Crippen LogP contribution in [0.3, 0.4) is 0 Å². The smallest absolute Gasteiger partial charge is 0.336 e. The predicted molar refractivity (Wildman–Crippen MR) is 67.3 cm³/mol. The average Bonchev–Trinajstić information content (AvgIpc) is 2.26. The van der Waals surface area contributed by atoms with Gasteiger partial charge in [-0.3, -0.25) is 4.79 Å². The molecule has 0 aliphatic rings. The lowest BCUT2D eigenvalue weighted by molar-refractivity contribution is 0.103. The van der Waals surface area contributed by atoms with Gasteiger partial charge in [0.05, 0.1) is 0 Å². The molecule has 2 aromatic rings. The number of carbonyl (C=O) groups excluding carboxylic acids is 1. The van der Waals surface area contributed by atoms with Crippen molar-refractivity contribution in [1.29, 1.82) is 0 Å². The number of rotatable bonds is 2. The fourth-order valence-electron chi connectivity index (χ4n) is 1.53. The normalized spacial score (nSPS) is 10.2. The van der Waals surface area contributed by atoms with E-state index >= 15 is 0 Å². The fraction of sp³-hybridized carbons (Fsp3) is 0.0769. The third kappa shape index (κ3) is 2.71. The topological polar surface area (TPSA) is 47.3 Å². The van der Waals surface area contributed by atoms with Crippen molar-refractivity contribution >= 4 is 21.7 Å². The van der Waals surface area contributed by atoms with E-state index in [1.54, 1.807) is 31.2 Å². The molecule has 0 N–H and O–H groups in total. The summed E-state index contributed by atoms with van der Waals surface area (Å²) < 4.78 is 5.63. The van der Waals surface area contributed by atoms with Crippen molar-refractivity contribution in [2.24, 2.45) is 0 Å². The Hall–Kier alpha value is -1.68. The minimum atomic E-state index is -0.511. The summed E-state index contributed by atoms with van der Waals surface area (Å²) in [6.07, 6.45) is 0. The Labute approximate surface area is 106 Å². The van der Waals surface area contributed by atoms with Crippen molar-refractivity contribution in [3.8, 4) is 0 Å². The summed E-state index contributed by atoms with van der Waals surface area (Å²) in [5.41, 5.74) is 0.365. The van der Waals surface area contributed by atoms with Crippen LogP contribution in [0.5, 0.6) is 0 Å². The number of aryl methyl sites for hydroxylation is 1. The maximum Gasteiger partial charge on any atom is 0.336 e. The van der Waals surface area contributed by atoms with E-state index in [0.717, 1.165) is 4.47 Å². The van der Waals surface area contributed by atoms with Crippen molar-refractivity contribution < 1.29 is 9.21 Å². The molecule has 0 spiro atoms. The van der Waals surface area contributed by atoms with E-state index in [-0.39, 0.29) is 5.78 Å². The fourth-order valence-corrected chi connectivity index (χ4v) is 1.93. The van der Waals surface area contributed by atoms with Crippen LogP contribution in [0.2, 0.25) is 0 Å².